The highest BCUT2D eigenvalue weighted by Gasteiger charge is 2.20. The van der Waals surface area contributed by atoms with Crippen molar-refractivity contribution in [1.29, 1.82) is 0 Å². The van der Waals surface area contributed by atoms with Gasteiger partial charge in [-0.25, -0.2) is 14.8 Å². The number of nitrogens with zero attached hydrogens (tertiary/aromatic N) is 2. The van der Waals surface area contributed by atoms with E-state index in [0.717, 1.165) is 40.2 Å². The Morgan fingerprint density at radius 3 is 2.61 bits per heavy atom. The second-order valence-corrected chi connectivity index (χ2v) is 8.14. The van der Waals surface area contributed by atoms with Crippen molar-refractivity contribution in [2.75, 3.05) is 32.2 Å². The van der Waals surface area contributed by atoms with Crippen molar-refractivity contribution in [2.45, 2.75) is 39.5 Å². The molecule has 2 aromatic heterocycles. The fraction of sp³-hybridized carbons (Fsp3) is 0.435. The Labute approximate surface area is 186 Å². The largest absolute Gasteiger partial charge is 0.494 e. The summed E-state index contributed by atoms with van der Waals surface area (Å²) in [6.45, 7) is 5.39. The van der Waals surface area contributed by atoms with Crippen LogP contribution in [0.1, 0.15) is 47.8 Å². The second-order valence-electron chi connectivity index (χ2n) is 7.15. The molecule has 1 aromatic carbocycles. The number of ether oxygens (including phenoxy) is 3. The summed E-state index contributed by atoms with van der Waals surface area (Å²) in [5.41, 5.74) is 1.69. The average molecular weight is 444 g/mol. The molecule has 0 spiro atoms. The Morgan fingerprint density at radius 1 is 1.06 bits per heavy atom. The lowest BCUT2D eigenvalue weighted by Crippen LogP contribution is -2.09. The van der Waals surface area contributed by atoms with Crippen LogP contribution >= 0.6 is 11.3 Å². The van der Waals surface area contributed by atoms with Gasteiger partial charge in [-0.2, -0.15) is 0 Å². The Morgan fingerprint density at radius 2 is 1.87 bits per heavy atom. The summed E-state index contributed by atoms with van der Waals surface area (Å²) in [5, 5.41) is 4.15. The number of hydrogen-bond acceptors (Lipinski definition) is 8. The van der Waals surface area contributed by atoms with Crippen molar-refractivity contribution in [3.63, 3.8) is 0 Å². The highest BCUT2D eigenvalue weighted by Crippen LogP contribution is 2.35. The molecule has 0 aliphatic rings. The Balaban J connectivity index is 1.69. The zero-order chi connectivity index (χ0) is 22.1. The number of aryl methyl sites for hydroxylation is 1. The van der Waals surface area contributed by atoms with Gasteiger partial charge < -0.3 is 19.5 Å². The summed E-state index contributed by atoms with van der Waals surface area (Å²) in [6, 6.07) is 7.80. The smallest absolute Gasteiger partial charge is 0.348 e. The quantitative estimate of drug-likeness (QED) is 0.292. The Bertz CT molecular complexity index is 988. The van der Waals surface area contributed by atoms with Gasteiger partial charge in [0.15, 0.2) is 0 Å². The number of aromatic nitrogens is 2. The number of benzene rings is 1. The maximum Gasteiger partial charge on any atom is 0.348 e. The number of carbonyl (C=O) groups is 1. The molecule has 8 heteroatoms. The van der Waals surface area contributed by atoms with Gasteiger partial charge in [-0.15, -0.1) is 11.3 Å². The molecule has 0 aliphatic heterocycles. The molecule has 0 amide bonds. The summed E-state index contributed by atoms with van der Waals surface area (Å²) in [7, 11) is 1.57. The first-order chi connectivity index (χ1) is 15.1. The van der Waals surface area contributed by atoms with E-state index in [2.05, 4.69) is 22.2 Å². The van der Waals surface area contributed by atoms with E-state index in [9.17, 15) is 4.79 Å². The van der Waals surface area contributed by atoms with Crippen molar-refractivity contribution in [3.8, 4) is 5.75 Å². The van der Waals surface area contributed by atoms with Crippen LogP contribution in [0.5, 0.6) is 5.75 Å². The van der Waals surface area contributed by atoms with Gasteiger partial charge >= 0.3 is 5.97 Å². The van der Waals surface area contributed by atoms with Crippen molar-refractivity contribution >= 4 is 39.0 Å². The van der Waals surface area contributed by atoms with Crippen LogP contribution in [0.15, 0.2) is 30.6 Å². The van der Waals surface area contributed by atoms with Gasteiger partial charge in [0, 0.05) is 12.8 Å². The molecule has 31 heavy (non-hydrogen) atoms. The maximum absolute atomic E-state index is 12.4. The molecule has 0 aliphatic carbocycles. The fourth-order valence-electron chi connectivity index (χ4n) is 3.13. The van der Waals surface area contributed by atoms with Gasteiger partial charge in [0.25, 0.3) is 0 Å². The number of carbonyl (C=O) groups excluding carboxylic acids is 1. The number of rotatable bonds is 12. The van der Waals surface area contributed by atoms with E-state index >= 15 is 0 Å². The zero-order valence-corrected chi connectivity index (χ0v) is 19.1. The van der Waals surface area contributed by atoms with Gasteiger partial charge in [0.1, 0.15) is 34.2 Å². The van der Waals surface area contributed by atoms with E-state index in [4.69, 9.17) is 14.2 Å². The minimum Gasteiger partial charge on any atom is -0.494 e. The van der Waals surface area contributed by atoms with E-state index in [1.807, 2.05) is 31.2 Å². The van der Waals surface area contributed by atoms with Gasteiger partial charge in [0.05, 0.1) is 18.6 Å². The van der Waals surface area contributed by atoms with E-state index in [-0.39, 0.29) is 12.6 Å². The summed E-state index contributed by atoms with van der Waals surface area (Å²) in [4.78, 5) is 22.4. The molecule has 3 rings (SSSR count). The molecular formula is C23H29N3O4S. The van der Waals surface area contributed by atoms with Crippen molar-refractivity contribution in [2.24, 2.45) is 0 Å². The molecule has 1 N–H and O–H groups in total. The van der Waals surface area contributed by atoms with Gasteiger partial charge in [-0.05, 0) is 43.2 Å². The SMILES string of the molecule is CCCCCCOc1ccc(Nc2ncnc3sc(C(=O)OCCOC)c(C)c23)cc1. The third-order valence-corrected chi connectivity index (χ3v) is 6.00. The Kier molecular flexibility index (Phi) is 8.61. The normalized spacial score (nSPS) is 10.9. The molecule has 0 saturated carbocycles. The molecule has 2 heterocycles. The number of hydrogen-bond donors (Lipinski definition) is 1. The molecule has 0 atom stereocenters. The van der Waals surface area contributed by atoms with Crippen LogP contribution in [0.4, 0.5) is 11.5 Å². The first-order valence-corrected chi connectivity index (χ1v) is 11.4. The van der Waals surface area contributed by atoms with E-state index in [1.165, 1.54) is 36.9 Å². The summed E-state index contributed by atoms with van der Waals surface area (Å²) in [6.07, 6.45) is 6.22. The van der Waals surface area contributed by atoms with Crippen molar-refractivity contribution < 1.29 is 19.0 Å². The molecule has 0 radical (unpaired) electrons. The van der Waals surface area contributed by atoms with Crippen molar-refractivity contribution in [3.05, 3.63) is 41.0 Å². The lowest BCUT2D eigenvalue weighted by atomic mass is 10.2. The number of esters is 1. The van der Waals surface area contributed by atoms with Crippen LogP contribution in [-0.4, -0.2) is 42.9 Å². The fourth-order valence-corrected chi connectivity index (χ4v) is 4.18. The number of nitrogens with one attached hydrogen (secondary N) is 1. The summed E-state index contributed by atoms with van der Waals surface area (Å²) in [5.74, 6) is 1.13. The van der Waals surface area contributed by atoms with Crippen LogP contribution < -0.4 is 10.1 Å². The van der Waals surface area contributed by atoms with Gasteiger partial charge in [-0.3, -0.25) is 0 Å². The molecule has 0 unspecified atom stereocenters. The highest BCUT2D eigenvalue weighted by molar-refractivity contribution is 7.20. The van der Waals surface area contributed by atoms with E-state index in [0.29, 0.717) is 17.3 Å². The van der Waals surface area contributed by atoms with Crippen LogP contribution in [0, 0.1) is 6.92 Å². The predicted octanol–water partition coefficient (Wildman–Crippen LogP) is 5.51. The monoisotopic (exact) mass is 443 g/mol. The first-order valence-electron chi connectivity index (χ1n) is 10.5. The zero-order valence-electron chi connectivity index (χ0n) is 18.3. The van der Waals surface area contributed by atoms with Gasteiger partial charge in [0.2, 0.25) is 0 Å². The standard InChI is InChI=1S/C23H29N3O4S/c1-4-5-6-7-12-29-18-10-8-17(9-11-18)26-21-19-16(2)20(23(27)30-14-13-28-3)31-22(19)25-15-24-21/h8-11,15H,4-7,12-14H2,1-3H3,(H,24,25,26). The van der Waals surface area contributed by atoms with E-state index < -0.39 is 0 Å². The third kappa shape index (κ3) is 6.15. The summed E-state index contributed by atoms with van der Waals surface area (Å²) < 4.78 is 16.0. The predicted molar refractivity (Wildman–Crippen MR) is 124 cm³/mol. The maximum atomic E-state index is 12.4. The lowest BCUT2D eigenvalue weighted by molar-refractivity contribution is 0.0393. The highest BCUT2D eigenvalue weighted by atomic mass is 32.1. The Hall–Kier alpha value is -2.71. The minimum absolute atomic E-state index is 0.215. The summed E-state index contributed by atoms with van der Waals surface area (Å²) >= 11 is 1.31. The molecule has 0 saturated heterocycles. The van der Waals surface area contributed by atoms with Crippen LogP contribution in [-0.2, 0) is 9.47 Å². The topological polar surface area (TPSA) is 82.6 Å². The number of fused-ring (bicyclic) bond motifs is 1. The number of methoxy groups -OCH3 is 1. The second kappa shape index (κ2) is 11.6. The van der Waals surface area contributed by atoms with Crippen LogP contribution in [0.25, 0.3) is 10.2 Å². The average Bonchev–Trinajstić information content (AvgIpc) is 3.12. The number of unbranched alkanes of at least 4 members (excludes halogenated alkanes) is 3. The number of thiophene rings is 1. The molecule has 0 bridgehead atoms. The van der Waals surface area contributed by atoms with Crippen LogP contribution in [0.3, 0.4) is 0 Å². The molecular weight excluding hydrogens is 414 g/mol. The van der Waals surface area contributed by atoms with E-state index in [1.54, 1.807) is 7.11 Å². The minimum atomic E-state index is -0.371. The number of anilines is 2. The third-order valence-electron chi connectivity index (χ3n) is 4.82. The molecule has 166 valence electrons. The van der Waals surface area contributed by atoms with Crippen LogP contribution in [0.2, 0.25) is 0 Å². The van der Waals surface area contributed by atoms with Crippen molar-refractivity contribution in [1.82, 2.24) is 9.97 Å². The lowest BCUT2D eigenvalue weighted by Gasteiger charge is -2.09. The first kappa shape index (κ1) is 23.0. The molecule has 0 fully saturated rings. The molecule has 7 nitrogen and oxygen atoms in total. The van der Waals surface area contributed by atoms with Gasteiger partial charge in [-0.1, -0.05) is 26.2 Å². The molecule has 3 aromatic rings.